The third-order valence-electron chi connectivity index (χ3n) is 3.04. The third-order valence-corrected chi connectivity index (χ3v) is 4.04. The molecule has 4 nitrogen and oxygen atoms in total. The summed E-state index contributed by atoms with van der Waals surface area (Å²) in [6.07, 6.45) is 2.25. The second kappa shape index (κ2) is 7.28. The van der Waals surface area contributed by atoms with Crippen LogP contribution in [-0.2, 0) is 4.79 Å². The molecule has 1 heterocycles. The van der Waals surface area contributed by atoms with E-state index in [0.717, 1.165) is 22.6 Å². The van der Waals surface area contributed by atoms with E-state index in [-0.39, 0.29) is 17.9 Å². The van der Waals surface area contributed by atoms with Crippen molar-refractivity contribution in [2.45, 2.75) is 46.1 Å². The number of carbonyl (C=O) groups excluding carboxylic acids is 1. The van der Waals surface area contributed by atoms with Crippen LogP contribution in [0.5, 0.6) is 0 Å². The number of hydrogen-bond donors (Lipinski definition) is 2. The Kier molecular flexibility index (Phi) is 6.02. The molecule has 1 amide bonds. The highest BCUT2D eigenvalue weighted by Gasteiger charge is 2.13. The number of aryl methyl sites for hydroxylation is 1. The normalized spacial score (nSPS) is 13.8. The molecule has 0 bridgehead atoms. The van der Waals surface area contributed by atoms with E-state index < -0.39 is 5.97 Å². The van der Waals surface area contributed by atoms with Crippen molar-refractivity contribution in [1.82, 2.24) is 5.32 Å². The van der Waals surface area contributed by atoms with Crippen molar-refractivity contribution in [2.75, 3.05) is 0 Å². The van der Waals surface area contributed by atoms with Crippen molar-refractivity contribution in [3.63, 3.8) is 0 Å². The van der Waals surface area contributed by atoms with E-state index >= 15 is 0 Å². The molecule has 0 aromatic carbocycles. The summed E-state index contributed by atoms with van der Waals surface area (Å²) in [5.41, 5.74) is 0. The molecule has 0 aliphatic carbocycles. The lowest BCUT2D eigenvalue weighted by atomic mass is 10.0. The van der Waals surface area contributed by atoms with Crippen LogP contribution in [0.2, 0.25) is 0 Å². The number of rotatable bonds is 7. The highest BCUT2D eigenvalue weighted by atomic mass is 32.1. The molecule has 19 heavy (non-hydrogen) atoms. The Bertz CT molecular complexity index is 442. The SMILES string of the molecule is Cc1ccc(C(=O)NC(C)CCCC(C)C(=O)O)s1. The number of nitrogens with one attached hydrogen (secondary N) is 1. The minimum absolute atomic E-state index is 0.0446. The third kappa shape index (κ3) is 5.42. The molecule has 1 aromatic heterocycles. The Morgan fingerprint density at radius 3 is 2.53 bits per heavy atom. The fraction of sp³-hybridized carbons (Fsp3) is 0.571. The van der Waals surface area contributed by atoms with Crippen molar-refractivity contribution in [1.29, 1.82) is 0 Å². The van der Waals surface area contributed by atoms with Crippen LogP contribution >= 0.6 is 11.3 Å². The lowest BCUT2D eigenvalue weighted by molar-refractivity contribution is -0.141. The summed E-state index contributed by atoms with van der Waals surface area (Å²) in [5, 5.41) is 11.7. The second-order valence-corrected chi connectivity index (χ2v) is 6.24. The van der Waals surface area contributed by atoms with Crippen molar-refractivity contribution >= 4 is 23.2 Å². The van der Waals surface area contributed by atoms with Gasteiger partial charge in [-0.3, -0.25) is 9.59 Å². The maximum absolute atomic E-state index is 11.9. The molecule has 2 N–H and O–H groups in total. The van der Waals surface area contributed by atoms with Crippen LogP contribution in [0.1, 0.15) is 47.7 Å². The molecule has 0 radical (unpaired) electrons. The first-order valence-corrected chi connectivity index (χ1v) is 7.32. The molecule has 2 unspecified atom stereocenters. The van der Waals surface area contributed by atoms with Gasteiger partial charge in [0.2, 0.25) is 0 Å². The van der Waals surface area contributed by atoms with Gasteiger partial charge in [-0.25, -0.2) is 0 Å². The van der Waals surface area contributed by atoms with Gasteiger partial charge in [-0.1, -0.05) is 13.3 Å². The summed E-state index contributed by atoms with van der Waals surface area (Å²) in [5.74, 6) is -1.12. The van der Waals surface area contributed by atoms with Crippen LogP contribution in [0.15, 0.2) is 12.1 Å². The van der Waals surface area contributed by atoms with Crippen molar-refractivity contribution in [3.05, 3.63) is 21.9 Å². The molecule has 1 aromatic rings. The maximum atomic E-state index is 11.9. The van der Waals surface area contributed by atoms with Gasteiger partial charge in [-0.05, 0) is 38.8 Å². The molecular formula is C14H21NO3S. The quantitative estimate of drug-likeness (QED) is 0.808. The van der Waals surface area contributed by atoms with Crippen molar-refractivity contribution in [3.8, 4) is 0 Å². The molecule has 0 fully saturated rings. The first-order chi connectivity index (χ1) is 8.90. The largest absolute Gasteiger partial charge is 0.481 e. The van der Waals surface area contributed by atoms with E-state index in [1.165, 1.54) is 11.3 Å². The summed E-state index contributed by atoms with van der Waals surface area (Å²) in [6.45, 7) is 5.63. The van der Waals surface area contributed by atoms with Crippen LogP contribution < -0.4 is 5.32 Å². The van der Waals surface area contributed by atoms with E-state index in [1.807, 2.05) is 26.0 Å². The summed E-state index contributed by atoms with van der Waals surface area (Å²) >= 11 is 1.48. The number of hydrogen-bond acceptors (Lipinski definition) is 3. The average Bonchev–Trinajstić information content (AvgIpc) is 2.75. The van der Waals surface area contributed by atoms with Crippen molar-refractivity contribution < 1.29 is 14.7 Å². The first kappa shape index (κ1) is 15.7. The fourth-order valence-electron chi connectivity index (χ4n) is 1.78. The van der Waals surface area contributed by atoms with Gasteiger partial charge < -0.3 is 10.4 Å². The molecule has 0 saturated carbocycles. The van der Waals surface area contributed by atoms with Crippen LogP contribution in [-0.4, -0.2) is 23.0 Å². The predicted molar refractivity (Wildman–Crippen MR) is 76.6 cm³/mol. The minimum atomic E-state index is -0.759. The van der Waals surface area contributed by atoms with E-state index in [1.54, 1.807) is 6.92 Å². The van der Waals surface area contributed by atoms with Gasteiger partial charge >= 0.3 is 5.97 Å². The molecule has 1 rings (SSSR count). The average molecular weight is 283 g/mol. The standard InChI is InChI=1S/C14H21NO3S/c1-9(14(17)18)5-4-6-10(2)15-13(16)12-8-7-11(3)19-12/h7-10H,4-6H2,1-3H3,(H,15,16)(H,17,18). The molecule has 0 aliphatic rings. The van der Waals surface area contributed by atoms with Crippen LogP contribution in [0.25, 0.3) is 0 Å². The Balaban J connectivity index is 2.29. The topological polar surface area (TPSA) is 66.4 Å². The van der Waals surface area contributed by atoms with E-state index in [2.05, 4.69) is 5.32 Å². The Hall–Kier alpha value is -1.36. The maximum Gasteiger partial charge on any atom is 0.306 e. The zero-order chi connectivity index (χ0) is 14.4. The number of aliphatic carboxylic acids is 1. The van der Waals surface area contributed by atoms with Crippen molar-refractivity contribution in [2.24, 2.45) is 5.92 Å². The zero-order valence-corrected chi connectivity index (χ0v) is 12.4. The highest BCUT2D eigenvalue weighted by Crippen LogP contribution is 2.15. The molecule has 0 saturated heterocycles. The highest BCUT2D eigenvalue weighted by molar-refractivity contribution is 7.13. The molecule has 5 heteroatoms. The van der Waals surface area contributed by atoms with Crippen LogP contribution in [0.3, 0.4) is 0 Å². The number of carboxylic acids is 1. The number of thiophene rings is 1. The Labute approximate surface area is 117 Å². The lowest BCUT2D eigenvalue weighted by Gasteiger charge is -2.14. The van der Waals surface area contributed by atoms with E-state index in [0.29, 0.717) is 6.42 Å². The van der Waals surface area contributed by atoms with Gasteiger partial charge in [0.25, 0.3) is 5.91 Å². The number of amides is 1. The van der Waals surface area contributed by atoms with Gasteiger partial charge in [0.05, 0.1) is 10.8 Å². The molecular weight excluding hydrogens is 262 g/mol. The van der Waals surface area contributed by atoms with Gasteiger partial charge in [0.1, 0.15) is 0 Å². The summed E-state index contributed by atoms with van der Waals surface area (Å²) < 4.78 is 0. The monoisotopic (exact) mass is 283 g/mol. The van der Waals surface area contributed by atoms with E-state index in [4.69, 9.17) is 5.11 Å². The minimum Gasteiger partial charge on any atom is -0.481 e. The summed E-state index contributed by atoms with van der Waals surface area (Å²) in [4.78, 5) is 24.4. The number of carbonyl (C=O) groups is 2. The van der Waals surface area contributed by atoms with Gasteiger partial charge in [0, 0.05) is 10.9 Å². The fourth-order valence-corrected chi connectivity index (χ4v) is 2.55. The Morgan fingerprint density at radius 1 is 1.32 bits per heavy atom. The Morgan fingerprint density at radius 2 is 2.00 bits per heavy atom. The summed E-state index contributed by atoms with van der Waals surface area (Å²) in [6, 6.07) is 3.82. The zero-order valence-electron chi connectivity index (χ0n) is 11.6. The molecule has 2 atom stereocenters. The molecule has 0 aliphatic heterocycles. The van der Waals surface area contributed by atoms with Gasteiger partial charge in [-0.15, -0.1) is 11.3 Å². The van der Waals surface area contributed by atoms with Crippen LogP contribution in [0, 0.1) is 12.8 Å². The summed E-state index contributed by atoms with van der Waals surface area (Å²) in [7, 11) is 0. The lowest BCUT2D eigenvalue weighted by Crippen LogP contribution is -2.32. The number of carboxylic acid groups (broad SMARTS) is 1. The van der Waals surface area contributed by atoms with Gasteiger partial charge in [-0.2, -0.15) is 0 Å². The predicted octanol–water partition coefficient (Wildman–Crippen LogP) is 3.07. The van der Waals surface area contributed by atoms with Gasteiger partial charge in [0.15, 0.2) is 0 Å². The first-order valence-electron chi connectivity index (χ1n) is 6.50. The molecule has 0 spiro atoms. The molecule has 106 valence electrons. The smallest absolute Gasteiger partial charge is 0.306 e. The van der Waals surface area contributed by atoms with E-state index in [9.17, 15) is 9.59 Å². The second-order valence-electron chi connectivity index (χ2n) is 4.95. The van der Waals surface area contributed by atoms with Crippen LogP contribution in [0.4, 0.5) is 0 Å².